The van der Waals surface area contributed by atoms with E-state index in [1.54, 1.807) is 0 Å². The zero-order chi connectivity index (χ0) is 20.9. The maximum Gasteiger partial charge on any atom is 0.212 e. The van der Waals surface area contributed by atoms with Crippen LogP contribution in [0.15, 0.2) is 18.3 Å². The minimum Gasteiger partial charge on any atom is -0.394 e. The molecule has 12 heteroatoms. The molecule has 2 fully saturated rings. The van der Waals surface area contributed by atoms with Gasteiger partial charge in [-0.3, -0.25) is 0 Å². The number of hydrogen-bond acceptors (Lipinski definition) is 8. The average Bonchev–Trinajstić information content (AvgIpc) is 3.31. The van der Waals surface area contributed by atoms with Gasteiger partial charge in [-0.15, -0.1) is 5.10 Å². The summed E-state index contributed by atoms with van der Waals surface area (Å²) < 4.78 is 52.5. The molecule has 2 aliphatic rings. The van der Waals surface area contributed by atoms with E-state index in [1.165, 1.54) is 6.20 Å². The highest BCUT2D eigenvalue weighted by molar-refractivity contribution is 5.57. The molecule has 9 nitrogen and oxygen atoms in total. The molecule has 3 heterocycles. The fourth-order valence-electron chi connectivity index (χ4n) is 3.81. The van der Waals surface area contributed by atoms with Crippen molar-refractivity contribution in [2.45, 2.75) is 42.6 Å². The summed E-state index contributed by atoms with van der Waals surface area (Å²) in [7, 11) is 0. The van der Waals surface area contributed by atoms with Crippen LogP contribution in [0.5, 0.6) is 0 Å². The molecule has 2 saturated heterocycles. The maximum atomic E-state index is 13.5. The van der Waals surface area contributed by atoms with Gasteiger partial charge in [-0.25, -0.2) is 17.9 Å². The quantitative estimate of drug-likeness (QED) is 0.490. The molecule has 1 spiro atoms. The van der Waals surface area contributed by atoms with Gasteiger partial charge in [0, 0.05) is 5.56 Å². The maximum absolute atomic E-state index is 13.5. The molecule has 0 saturated carbocycles. The van der Waals surface area contributed by atoms with Crippen molar-refractivity contribution < 1.29 is 38.0 Å². The third kappa shape index (κ3) is 3.12. The van der Waals surface area contributed by atoms with E-state index in [2.05, 4.69) is 10.3 Å². The van der Waals surface area contributed by atoms with Crippen molar-refractivity contribution in [1.29, 1.82) is 0 Å². The molecule has 0 amide bonds. The lowest BCUT2D eigenvalue weighted by atomic mass is 9.87. The molecule has 1 aromatic heterocycles. The Morgan fingerprint density at radius 3 is 2.52 bits per heavy atom. The largest absolute Gasteiger partial charge is 0.394 e. The lowest BCUT2D eigenvalue weighted by Gasteiger charge is -2.49. The molecular weight excluding hydrogens is 397 g/mol. The van der Waals surface area contributed by atoms with Crippen LogP contribution in [0.25, 0.3) is 11.3 Å². The minimum atomic E-state index is -1.67. The number of aliphatic hydroxyl groups excluding tert-OH is 3. The van der Waals surface area contributed by atoms with Gasteiger partial charge in [-0.05, 0) is 18.6 Å². The first-order chi connectivity index (χ1) is 13.8. The second-order valence-corrected chi connectivity index (χ2v) is 7.07. The molecule has 1 aromatic carbocycles. The fourth-order valence-corrected chi connectivity index (χ4v) is 3.81. The molecule has 0 bridgehead atoms. The first-order valence-electron chi connectivity index (χ1n) is 8.89. The van der Waals surface area contributed by atoms with Crippen LogP contribution in [0.4, 0.5) is 13.2 Å². The van der Waals surface area contributed by atoms with E-state index in [4.69, 9.17) is 15.2 Å². The molecule has 5 N–H and O–H groups in total. The summed E-state index contributed by atoms with van der Waals surface area (Å²) in [5, 5.41) is 38.7. The molecular formula is C17H19F3N4O5. The number of rotatable bonds is 3. The molecule has 158 valence electrons. The van der Waals surface area contributed by atoms with Crippen molar-refractivity contribution >= 4 is 0 Å². The number of hydrogen-bond donors (Lipinski definition) is 4. The van der Waals surface area contributed by atoms with E-state index >= 15 is 0 Å². The van der Waals surface area contributed by atoms with Crippen LogP contribution in [0.2, 0.25) is 0 Å². The fraction of sp³-hybridized carbons (Fsp3) is 0.529. The summed E-state index contributed by atoms with van der Waals surface area (Å²) in [6.07, 6.45) is -2.45. The van der Waals surface area contributed by atoms with Crippen LogP contribution in [-0.2, 0) is 9.47 Å². The van der Waals surface area contributed by atoms with Crippen LogP contribution >= 0.6 is 0 Å². The van der Waals surface area contributed by atoms with Crippen LogP contribution in [0, 0.1) is 17.5 Å². The SMILES string of the molecule is N[C@@H]1CCO[C@]12O[C@H](CO)[C@H](O)[C@H](n1cc(-c3cc(F)c(F)c(F)c3)nn1)[C@H]2O. The van der Waals surface area contributed by atoms with Crippen LogP contribution < -0.4 is 5.73 Å². The Kier molecular flexibility index (Phi) is 5.09. The number of aromatic nitrogens is 3. The summed E-state index contributed by atoms with van der Waals surface area (Å²) in [5.41, 5.74) is 5.92. The van der Waals surface area contributed by atoms with Crippen molar-refractivity contribution in [3.8, 4) is 11.3 Å². The number of nitrogens with zero attached hydrogens (tertiary/aromatic N) is 3. The Balaban J connectivity index is 1.72. The Hall–Kier alpha value is -2.09. The summed E-state index contributed by atoms with van der Waals surface area (Å²) in [5.74, 6) is -6.08. The van der Waals surface area contributed by atoms with Gasteiger partial charge in [-0.1, -0.05) is 5.21 Å². The van der Waals surface area contributed by atoms with E-state index in [-0.39, 0.29) is 17.9 Å². The highest BCUT2D eigenvalue weighted by atomic mass is 19.2. The normalized spacial score (nSPS) is 34.8. The van der Waals surface area contributed by atoms with Gasteiger partial charge in [0.1, 0.15) is 30.0 Å². The summed E-state index contributed by atoms with van der Waals surface area (Å²) >= 11 is 0. The summed E-state index contributed by atoms with van der Waals surface area (Å²) in [4.78, 5) is 0. The first-order valence-corrected chi connectivity index (χ1v) is 8.89. The molecule has 2 aromatic rings. The van der Waals surface area contributed by atoms with Gasteiger partial charge in [0.15, 0.2) is 17.5 Å². The van der Waals surface area contributed by atoms with Gasteiger partial charge < -0.3 is 30.5 Å². The number of halogens is 3. The van der Waals surface area contributed by atoms with Gasteiger partial charge in [0.25, 0.3) is 0 Å². The van der Waals surface area contributed by atoms with Crippen molar-refractivity contribution in [1.82, 2.24) is 15.0 Å². The summed E-state index contributed by atoms with van der Waals surface area (Å²) in [6.45, 7) is -0.381. The van der Waals surface area contributed by atoms with Crippen molar-refractivity contribution in [2.75, 3.05) is 13.2 Å². The van der Waals surface area contributed by atoms with E-state index in [0.717, 1.165) is 16.8 Å². The Morgan fingerprint density at radius 2 is 1.93 bits per heavy atom. The zero-order valence-corrected chi connectivity index (χ0v) is 15.0. The minimum absolute atomic E-state index is 0.0278. The van der Waals surface area contributed by atoms with Crippen LogP contribution in [0.3, 0.4) is 0 Å². The molecule has 0 unspecified atom stereocenters. The smallest absolute Gasteiger partial charge is 0.212 e. The van der Waals surface area contributed by atoms with E-state index in [9.17, 15) is 28.5 Å². The van der Waals surface area contributed by atoms with Gasteiger partial charge >= 0.3 is 0 Å². The van der Waals surface area contributed by atoms with Crippen molar-refractivity contribution in [2.24, 2.45) is 5.73 Å². The van der Waals surface area contributed by atoms with Gasteiger partial charge in [0.05, 0.1) is 25.5 Å². The third-order valence-electron chi connectivity index (χ3n) is 5.35. The van der Waals surface area contributed by atoms with E-state index in [0.29, 0.717) is 6.42 Å². The van der Waals surface area contributed by atoms with Crippen molar-refractivity contribution in [3.63, 3.8) is 0 Å². The number of ether oxygens (including phenoxy) is 2. The number of benzene rings is 1. The molecule has 6 atom stereocenters. The van der Waals surface area contributed by atoms with Gasteiger partial charge in [-0.2, -0.15) is 0 Å². The highest BCUT2D eigenvalue weighted by Crippen LogP contribution is 2.42. The third-order valence-corrected chi connectivity index (χ3v) is 5.35. The molecule has 4 rings (SSSR count). The first kappa shape index (κ1) is 20.2. The van der Waals surface area contributed by atoms with Gasteiger partial charge in [0.2, 0.25) is 5.79 Å². The lowest BCUT2D eigenvalue weighted by Crippen LogP contribution is -2.67. The number of aliphatic hydroxyl groups is 3. The molecule has 0 aliphatic carbocycles. The van der Waals surface area contributed by atoms with E-state index in [1.807, 2.05) is 0 Å². The van der Waals surface area contributed by atoms with Crippen LogP contribution in [-0.4, -0.2) is 73.7 Å². The average molecular weight is 416 g/mol. The van der Waals surface area contributed by atoms with Crippen LogP contribution in [0.1, 0.15) is 12.5 Å². The predicted octanol–water partition coefficient (Wildman–Crippen LogP) is -0.540. The van der Waals surface area contributed by atoms with E-state index < -0.39 is 60.2 Å². The highest BCUT2D eigenvalue weighted by Gasteiger charge is 2.60. The second kappa shape index (κ2) is 7.31. The lowest BCUT2D eigenvalue weighted by molar-refractivity contribution is -0.343. The molecule has 0 radical (unpaired) electrons. The number of nitrogens with two attached hydrogens (primary N) is 1. The standard InChI is InChI=1S/C17H19F3N4O5/c18-8-3-7(4-9(19)13(8)20)10-5-24(23-22-10)14-15(26)11(6-25)29-17(16(14)27)12(21)1-2-28-17/h3-5,11-12,14-16,25-27H,1-2,6,21H2/t11-,12-,14+,15+,16-,17+/m1/s1. The second-order valence-electron chi connectivity index (χ2n) is 7.07. The Bertz CT molecular complexity index is 892. The monoisotopic (exact) mass is 416 g/mol. The Labute approximate surface area is 162 Å². The Morgan fingerprint density at radius 1 is 1.24 bits per heavy atom. The predicted molar refractivity (Wildman–Crippen MR) is 89.6 cm³/mol. The van der Waals surface area contributed by atoms with Crippen molar-refractivity contribution in [3.05, 3.63) is 35.8 Å². The summed E-state index contributed by atoms with van der Waals surface area (Å²) in [6, 6.07) is -0.429. The molecule has 2 aliphatic heterocycles. The topological polar surface area (TPSA) is 136 Å². The molecule has 29 heavy (non-hydrogen) atoms. The zero-order valence-electron chi connectivity index (χ0n) is 15.0.